The van der Waals surface area contributed by atoms with Gasteiger partial charge in [0.2, 0.25) is 5.76 Å². The fourth-order valence-corrected chi connectivity index (χ4v) is 3.11. The van der Waals surface area contributed by atoms with E-state index < -0.39 is 17.9 Å². The third-order valence-electron chi connectivity index (χ3n) is 3.99. The van der Waals surface area contributed by atoms with E-state index in [2.05, 4.69) is 26.0 Å². The molecule has 1 aliphatic heterocycles. The van der Waals surface area contributed by atoms with Crippen molar-refractivity contribution >= 4 is 39.9 Å². The molecule has 0 spiro atoms. The van der Waals surface area contributed by atoms with Gasteiger partial charge in [0.15, 0.2) is 11.5 Å². The molecule has 152 valence electrons. The largest absolute Gasteiger partial charge is 0.503 e. The van der Waals surface area contributed by atoms with Gasteiger partial charge in [-0.1, -0.05) is 0 Å². The number of phenolic OH excluding ortho intramolecular Hbond substituents is 1. The van der Waals surface area contributed by atoms with Crippen LogP contribution in [0.3, 0.4) is 0 Å². The van der Waals surface area contributed by atoms with Gasteiger partial charge in [0.05, 0.1) is 24.7 Å². The molecule has 9 nitrogen and oxygen atoms in total. The van der Waals surface area contributed by atoms with Crippen molar-refractivity contribution in [2.45, 2.75) is 13.5 Å². The van der Waals surface area contributed by atoms with Crippen LogP contribution in [0, 0.1) is 0 Å². The van der Waals surface area contributed by atoms with Crippen molar-refractivity contribution in [2.75, 3.05) is 13.7 Å². The van der Waals surface area contributed by atoms with Gasteiger partial charge in [-0.05, 0) is 58.8 Å². The third kappa shape index (κ3) is 4.27. The smallest absolute Gasteiger partial charge is 0.373 e. The highest BCUT2D eigenvalue weighted by atomic mass is 79.9. The molecule has 1 fully saturated rings. The van der Waals surface area contributed by atoms with E-state index in [4.69, 9.17) is 9.15 Å². The van der Waals surface area contributed by atoms with Crippen molar-refractivity contribution in [3.8, 4) is 11.5 Å². The van der Waals surface area contributed by atoms with Crippen LogP contribution in [0.4, 0.5) is 4.79 Å². The highest BCUT2D eigenvalue weighted by Gasteiger charge is 2.34. The van der Waals surface area contributed by atoms with E-state index in [1.165, 1.54) is 25.3 Å². The number of halogens is 1. The van der Waals surface area contributed by atoms with Crippen molar-refractivity contribution in [1.29, 1.82) is 0 Å². The summed E-state index contributed by atoms with van der Waals surface area (Å²) in [5, 5.41) is 12.5. The predicted octanol–water partition coefficient (Wildman–Crippen LogP) is 3.03. The molecule has 0 aliphatic carbocycles. The van der Waals surface area contributed by atoms with Crippen molar-refractivity contribution < 1.29 is 33.4 Å². The number of furan rings is 1. The number of ether oxygens (including phenoxy) is 2. The zero-order chi connectivity index (χ0) is 21.1. The monoisotopic (exact) mass is 464 g/mol. The van der Waals surface area contributed by atoms with E-state index >= 15 is 0 Å². The van der Waals surface area contributed by atoms with E-state index in [0.717, 1.165) is 4.90 Å². The van der Waals surface area contributed by atoms with E-state index in [9.17, 15) is 19.5 Å². The van der Waals surface area contributed by atoms with Gasteiger partial charge in [-0.25, -0.2) is 9.59 Å². The van der Waals surface area contributed by atoms with E-state index in [1.54, 1.807) is 19.1 Å². The summed E-state index contributed by atoms with van der Waals surface area (Å²) < 4.78 is 15.6. The maximum absolute atomic E-state index is 12.6. The number of methoxy groups -OCH3 is 1. The second-order valence-corrected chi connectivity index (χ2v) is 6.77. The SMILES string of the molecule is CCOc1cc(C=C2NC(=O)N(Cc3ccc(C(=O)OC)o3)C2=O)cc(Br)c1O. The van der Waals surface area contributed by atoms with Crippen LogP contribution in [0.5, 0.6) is 11.5 Å². The first-order valence-corrected chi connectivity index (χ1v) is 9.30. The van der Waals surface area contributed by atoms with Crippen molar-refractivity contribution in [3.63, 3.8) is 0 Å². The fourth-order valence-electron chi connectivity index (χ4n) is 2.65. The van der Waals surface area contributed by atoms with E-state index in [1.807, 2.05) is 0 Å². The van der Waals surface area contributed by atoms with Crippen molar-refractivity contribution in [3.05, 3.63) is 51.5 Å². The maximum Gasteiger partial charge on any atom is 0.373 e. The van der Waals surface area contributed by atoms with Gasteiger partial charge >= 0.3 is 12.0 Å². The Kier molecular flexibility index (Phi) is 5.92. The molecule has 0 bridgehead atoms. The molecule has 0 radical (unpaired) electrons. The summed E-state index contributed by atoms with van der Waals surface area (Å²) in [4.78, 5) is 37.3. The number of hydrogen-bond donors (Lipinski definition) is 2. The Morgan fingerprint density at radius 3 is 2.79 bits per heavy atom. The number of nitrogens with one attached hydrogen (secondary N) is 1. The number of esters is 1. The third-order valence-corrected chi connectivity index (χ3v) is 4.59. The Hall–Kier alpha value is -3.27. The minimum absolute atomic E-state index is 0.0253. The van der Waals surface area contributed by atoms with Crippen LogP contribution in [-0.4, -0.2) is 41.6 Å². The zero-order valence-electron chi connectivity index (χ0n) is 15.5. The molecule has 1 aromatic carbocycles. The molecule has 10 heteroatoms. The predicted molar refractivity (Wildman–Crippen MR) is 104 cm³/mol. The van der Waals surface area contributed by atoms with Crippen molar-refractivity contribution in [2.24, 2.45) is 0 Å². The lowest BCUT2D eigenvalue weighted by atomic mass is 10.1. The number of carbonyl (C=O) groups is 3. The Labute approximate surface area is 174 Å². The normalized spacial score (nSPS) is 15.0. The molecule has 2 N–H and O–H groups in total. The first kappa shape index (κ1) is 20.5. The number of amides is 3. The number of rotatable bonds is 6. The molecule has 0 atom stereocenters. The molecule has 29 heavy (non-hydrogen) atoms. The highest BCUT2D eigenvalue weighted by Crippen LogP contribution is 2.36. The van der Waals surface area contributed by atoms with Gasteiger partial charge in [0.25, 0.3) is 5.91 Å². The van der Waals surface area contributed by atoms with Crippen LogP contribution in [0.25, 0.3) is 6.08 Å². The topological polar surface area (TPSA) is 118 Å². The van der Waals surface area contributed by atoms with Crippen LogP contribution in [-0.2, 0) is 16.1 Å². The van der Waals surface area contributed by atoms with Gasteiger partial charge in [-0.15, -0.1) is 0 Å². The Morgan fingerprint density at radius 2 is 2.10 bits per heavy atom. The minimum Gasteiger partial charge on any atom is -0.503 e. The first-order valence-electron chi connectivity index (χ1n) is 8.51. The summed E-state index contributed by atoms with van der Waals surface area (Å²) in [7, 11) is 1.22. The number of imide groups is 1. The number of nitrogens with zero attached hydrogens (tertiary/aromatic N) is 1. The van der Waals surface area contributed by atoms with E-state index in [-0.39, 0.29) is 35.3 Å². The van der Waals surface area contributed by atoms with Crippen LogP contribution in [0.15, 0.2) is 38.9 Å². The molecule has 0 saturated carbocycles. The first-order chi connectivity index (χ1) is 13.8. The van der Waals surface area contributed by atoms with Gasteiger partial charge < -0.3 is 24.3 Å². The number of urea groups is 1. The molecule has 2 heterocycles. The summed E-state index contributed by atoms with van der Waals surface area (Å²) in [6.07, 6.45) is 1.47. The quantitative estimate of drug-likeness (QED) is 0.383. The lowest BCUT2D eigenvalue weighted by Gasteiger charge is -2.09. The standard InChI is InChI=1S/C19H17BrN2O7/c1-3-28-15-8-10(6-12(20)16(15)23)7-13-17(24)22(19(26)21-13)9-11-4-5-14(29-11)18(25)27-2/h4-8,23H,3,9H2,1-2H3,(H,21,26). The molecule has 3 amide bonds. The Morgan fingerprint density at radius 1 is 1.34 bits per heavy atom. The summed E-state index contributed by atoms with van der Waals surface area (Å²) in [6, 6.07) is 5.40. The van der Waals surface area contributed by atoms with Crippen LogP contribution >= 0.6 is 15.9 Å². The van der Waals surface area contributed by atoms with Gasteiger partial charge in [0.1, 0.15) is 11.5 Å². The average molecular weight is 465 g/mol. The molecular weight excluding hydrogens is 448 g/mol. The molecular formula is C19H17BrN2O7. The van der Waals surface area contributed by atoms with Crippen molar-refractivity contribution in [1.82, 2.24) is 10.2 Å². The summed E-state index contributed by atoms with van der Waals surface area (Å²) in [5.74, 6) is -0.806. The van der Waals surface area contributed by atoms with Gasteiger partial charge in [-0.2, -0.15) is 0 Å². The summed E-state index contributed by atoms with van der Waals surface area (Å²) >= 11 is 3.23. The summed E-state index contributed by atoms with van der Waals surface area (Å²) in [6.45, 7) is 1.97. The van der Waals surface area contributed by atoms with Gasteiger partial charge in [-0.3, -0.25) is 9.69 Å². The lowest BCUT2D eigenvalue weighted by Crippen LogP contribution is -2.30. The number of phenols is 1. The minimum atomic E-state index is -0.656. The number of aromatic hydroxyl groups is 1. The van der Waals surface area contributed by atoms with Crippen LogP contribution < -0.4 is 10.1 Å². The zero-order valence-corrected chi connectivity index (χ0v) is 17.1. The second kappa shape index (κ2) is 8.39. The van der Waals surface area contributed by atoms with Gasteiger partial charge in [0, 0.05) is 0 Å². The van der Waals surface area contributed by atoms with Crippen LogP contribution in [0.2, 0.25) is 0 Å². The number of hydrogen-bond acceptors (Lipinski definition) is 7. The Balaban J connectivity index is 1.81. The molecule has 1 aliphatic rings. The average Bonchev–Trinajstić information content (AvgIpc) is 3.26. The summed E-state index contributed by atoms with van der Waals surface area (Å²) in [5.41, 5.74) is 0.587. The van der Waals surface area contributed by atoms with Crippen LogP contribution in [0.1, 0.15) is 28.8 Å². The Bertz CT molecular complexity index is 1010. The second-order valence-electron chi connectivity index (χ2n) is 5.92. The molecule has 0 unspecified atom stereocenters. The molecule has 1 saturated heterocycles. The highest BCUT2D eigenvalue weighted by molar-refractivity contribution is 9.10. The number of carbonyl (C=O) groups excluding carboxylic acids is 3. The molecule has 2 aromatic rings. The molecule has 1 aromatic heterocycles. The fraction of sp³-hybridized carbons (Fsp3) is 0.211. The molecule has 3 rings (SSSR count). The lowest BCUT2D eigenvalue weighted by molar-refractivity contribution is -0.123. The maximum atomic E-state index is 12.6. The van der Waals surface area contributed by atoms with E-state index in [0.29, 0.717) is 16.6 Å². The number of benzene rings is 1.